The van der Waals surface area contributed by atoms with Crippen molar-refractivity contribution in [2.75, 3.05) is 32.1 Å². The first kappa shape index (κ1) is 14.2. The van der Waals surface area contributed by atoms with Gasteiger partial charge < -0.3 is 15.1 Å². The summed E-state index contributed by atoms with van der Waals surface area (Å²) in [6.45, 7) is 7.18. The maximum Gasteiger partial charge on any atom is 0.225 e. The molecule has 0 radical (unpaired) electrons. The van der Waals surface area contributed by atoms with Crippen LogP contribution < -0.4 is 10.2 Å². The molecule has 0 spiro atoms. The fourth-order valence-corrected chi connectivity index (χ4v) is 2.27. The topological polar surface area (TPSA) is 44.3 Å². The minimum atomic E-state index is 0.485. The maximum atomic E-state index is 4.49. The molecular formula is C14H25N5. The van der Waals surface area contributed by atoms with E-state index in [9.17, 15) is 0 Å². The maximum absolute atomic E-state index is 4.49. The van der Waals surface area contributed by atoms with Gasteiger partial charge >= 0.3 is 0 Å². The van der Waals surface area contributed by atoms with Gasteiger partial charge in [-0.25, -0.2) is 9.97 Å². The average molecular weight is 263 g/mol. The molecule has 1 aromatic rings. The molecule has 1 atom stereocenters. The van der Waals surface area contributed by atoms with Crippen molar-refractivity contribution >= 4 is 5.95 Å². The number of likely N-dealkylation sites (N-methyl/N-ethyl adjacent to an activating group) is 1. The molecule has 5 heteroatoms. The van der Waals surface area contributed by atoms with Crippen LogP contribution in [0, 0.1) is 0 Å². The van der Waals surface area contributed by atoms with Crippen LogP contribution in [0.3, 0.4) is 0 Å². The molecule has 1 saturated heterocycles. The van der Waals surface area contributed by atoms with Crippen molar-refractivity contribution in [1.82, 2.24) is 20.2 Å². The van der Waals surface area contributed by atoms with Gasteiger partial charge in [0.15, 0.2) is 0 Å². The first-order valence-electron chi connectivity index (χ1n) is 7.02. The summed E-state index contributed by atoms with van der Waals surface area (Å²) < 4.78 is 0. The minimum Gasteiger partial charge on any atom is -0.339 e. The molecule has 1 unspecified atom stereocenters. The molecular weight excluding hydrogens is 238 g/mol. The zero-order valence-electron chi connectivity index (χ0n) is 12.4. The summed E-state index contributed by atoms with van der Waals surface area (Å²) in [5, 5.41) is 3.37. The lowest BCUT2D eigenvalue weighted by Gasteiger charge is -2.20. The van der Waals surface area contributed by atoms with Gasteiger partial charge in [0.05, 0.1) is 0 Å². The average Bonchev–Trinajstić information content (AvgIpc) is 2.86. The highest BCUT2D eigenvalue weighted by Gasteiger charge is 2.25. The van der Waals surface area contributed by atoms with Crippen LogP contribution >= 0.6 is 0 Å². The summed E-state index contributed by atoms with van der Waals surface area (Å²) in [6, 6.07) is 1.10. The Morgan fingerprint density at radius 1 is 1.37 bits per heavy atom. The predicted molar refractivity (Wildman–Crippen MR) is 78.3 cm³/mol. The van der Waals surface area contributed by atoms with Crippen LogP contribution in [0.25, 0.3) is 0 Å². The van der Waals surface area contributed by atoms with E-state index >= 15 is 0 Å². The zero-order valence-corrected chi connectivity index (χ0v) is 12.4. The van der Waals surface area contributed by atoms with E-state index in [4.69, 9.17) is 0 Å². The van der Waals surface area contributed by atoms with Gasteiger partial charge in [-0.15, -0.1) is 0 Å². The lowest BCUT2D eigenvalue weighted by atomic mass is 10.2. The number of aromatic nitrogens is 2. The van der Waals surface area contributed by atoms with E-state index in [-0.39, 0.29) is 0 Å². The number of nitrogens with zero attached hydrogens (tertiary/aromatic N) is 4. The largest absolute Gasteiger partial charge is 0.339 e. The van der Waals surface area contributed by atoms with Crippen LogP contribution in [0.5, 0.6) is 0 Å². The van der Waals surface area contributed by atoms with E-state index < -0.39 is 0 Å². The van der Waals surface area contributed by atoms with Gasteiger partial charge in [-0.1, -0.05) is 13.8 Å². The van der Waals surface area contributed by atoms with E-state index in [1.54, 1.807) is 0 Å². The lowest BCUT2D eigenvalue weighted by Crippen LogP contribution is -2.32. The number of nitrogens with one attached hydrogen (secondary N) is 1. The molecule has 5 nitrogen and oxygen atoms in total. The summed E-state index contributed by atoms with van der Waals surface area (Å²) in [6.07, 6.45) is 5.05. The highest BCUT2D eigenvalue weighted by atomic mass is 15.3. The zero-order chi connectivity index (χ0) is 13.8. The van der Waals surface area contributed by atoms with E-state index in [2.05, 4.69) is 53.0 Å². The second-order valence-electron chi connectivity index (χ2n) is 5.78. The molecule has 0 saturated carbocycles. The number of hydrogen-bond donors (Lipinski definition) is 1. The normalized spacial score (nSPS) is 19.7. The Morgan fingerprint density at radius 2 is 2.05 bits per heavy atom. The minimum absolute atomic E-state index is 0.485. The molecule has 106 valence electrons. The Hall–Kier alpha value is -1.20. The smallest absolute Gasteiger partial charge is 0.225 e. The molecule has 2 heterocycles. The number of anilines is 1. The highest BCUT2D eigenvalue weighted by molar-refractivity contribution is 5.32. The second-order valence-corrected chi connectivity index (χ2v) is 5.78. The fraction of sp³-hybridized carbons (Fsp3) is 0.714. The first-order valence-corrected chi connectivity index (χ1v) is 7.02. The first-order chi connectivity index (χ1) is 9.06. The molecule has 0 amide bonds. The lowest BCUT2D eigenvalue weighted by molar-refractivity contribution is 0.315. The summed E-state index contributed by atoms with van der Waals surface area (Å²) in [5.41, 5.74) is 1.14. The van der Waals surface area contributed by atoms with Crippen molar-refractivity contribution in [2.45, 2.75) is 38.9 Å². The van der Waals surface area contributed by atoms with Crippen LogP contribution in [-0.4, -0.2) is 54.1 Å². The Kier molecular flexibility index (Phi) is 4.71. The predicted octanol–water partition coefficient (Wildman–Crippen LogP) is 1.11. The summed E-state index contributed by atoms with van der Waals surface area (Å²) >= 11 is 0. The molecule has 0 bridgehead atoms. The molecule has 1 aromatic heterocycles. The van der Waals surface area contributed by atoms with E-state index in [0.29, 0.717) is 12.1 Å². The van der Waals surface area contributed by atoms with Crippen LogP contribution in [0.15, 0.2) is 12.4 Å². The molecule has 0 aliphatic carbocycles. The third-order valence-electron chi connectivity index (χ3n) is 3.58. The van der Waals surface area contributed by atoms with E-state index in [1.807, 2.05) is 12.4 Å². The van der Waals surface area contributed by atoms with Gasteiger partial charge in [0.2, 0.25) is 5.95 Å². The number of hydrogen-bond acceptors (Lipinski definition) is 5. The van der Waals surface area contributed by atoms with Gasteiger partial charge in [0.25, 0.3) is 0 Å². The summed E-state index contributed by atoms with van der Waals surface area (Å²) in [5.74, 6) is 0.859. The standard InChI is InChI=1S/C14H25N5/c1-11(2)15-7-12-8-16-14(17-9-12)19-6-5-13(10-19)18(3)4/h8-9,11,13,15H,5-7,10H2,1-4H3. The summed E-state index contributed by atoms with van der Waals surface area (Å²) in [7, 11) is 4.27. The van der Waals surface area contributed by atoms with Crippen molar-refractivity contribution in [3.05, 3.63) is 18.0 Å². The SMILES string of the molecule is CC(C)NCc1cnc(N2CCC(N(C)C)C2)nc1. The van der Waals surface area contributed by atoms with Crippen LogP contribution in [-0.2, 0) is 6.54 Å². The second kappa shape index (κ2) is 6.30. The highest BCUT2D eigenvalue weighted by Crippen LogP contribution is 2.18. The Balaban J connectivity index is 1.92. The summed E-state index contributed by atoms with van der Waals surface area (Å²) in [4.78, 5) is 13.5. The van der Waals surface area contributed by atoms with Crippen molar-refractivity contribution < 1.29 is 0 Å². The fourth-order valence-electron chi connectivity index (χ4n) is 2.27. The third-order valence-corrected chi connectivity index (χ3v) is 3.58. The van der Waals surface area contributed by atoms with Crippen molar-refractivity contribution in [3.63, 3.8) is 0 Å². The Bertz CT molecular complexity index is 387. The monoisotopic (exact) mass is 263 g/mol. The third kappa shape index (κ3) is 3.88. The molecule has 1 N–H and O–H groups in total. The van der Waals surface area contributed by atoms with Crippen molar-refractivity contribution in [2.24, 2.45) is 0 Å². The quantitative estimate of drug-likeness (QED) is 0.862. The van der Waals surface area contributed by atoms with Crippen molar-refractivity contribution in [1.29, 1.82) is 0 Å². The van der Waals surface area contributed by atoms with Gasteiger partial charge in [0, 0.05) is 49.7 Å². The van der Waals surface area contributed by atoms with Gasteiger partial charge in [0.1, 0.15) is 0 Å². The molecule has 1 fully saturated rings. The molecule has 0 aromatic carbocycles. The van der Waals surface area contributed by atoms with Gasteiger partial charge in [-0.3, -0.25) is 0 Å². The van der Waals surface area contributed by atoms with Crippen LogP contribution in [0.1, 0.15) is 25.8 Å². The molecule has 2 rings (SSSR count). The van der Waals surface area contributed by atoms with Gasteiger partial charge in [-0.2, -0.15) is 0 Å². The number of rotatable bonds is 5. The molecule has 19 heavy (non-hydrogen) atoms. The van der Waals surface area contributed by atoms with Crippen LogP contribution in [0.2, 0.25) is 0 Å². The van der Waals surface area contributed by atoms with E-state index in [1.165, 1.54) is 6.42 Å². The van der Waals surface area contributed by atoms with Gasteiger partial charge in [-0.05, 0) is 20.5 Å². The van der Waals surface area contributed by atoms with Crippen LogP contribution in [0.4, 0.5) is 5.95 Å². The van der Waals surface area contributed by atoms with Crippen molar-refractivity contribution in [3.8, 4) is 0 Å². The van der Waals surface area contributed by atoms with E-state index in [0.717, 1.165) is 31.1 Å². The Morgan fingerprint density at radius 3 is 2.58 bits per heavy atom. The molecule has 1 aliphatic heterocycles. The Labute approximate surface area is 116 Å². The molecule has 1 aliphatic rings.